The monoisotopic (exact) mass is 452 g/mol. The number of ether oxygens (including phenoxy) is 1. The molecule has 2 amide bonds. The van der Waals surface area contributed by atoms with Gasteiger partial charge in [-0.3, -0.25) is 9.59 Å². The number of hydrogen-bond acceptors (Lipinski definition) is 4. The summed E-state index contributed by atoms with van der Waals surface area (Å²) in [6.07, 6.45) is 1.55. The fraction of sp³-hybridized carbons (Fsp3) is 0.591. The number of hydrogen-bond donors (Lipinski definition) is 2. The Morgan fingerprint density at radius 3 is 2.59 bits per heavy atom. The minimum atomic E-state index is -4.53. The molecule has 2 heterocycles. The van der Waals surface area contributed by atoms with E-state index in [2.05, 4.69) is 10.3 Å². The second kappa shape index (κ2) is 9.09. The SMILES string of the molecule is Cn1c([C@H]2CCCO2)nc2cc(NC(=O)CC3CCCC3)cc(C(=O)NCC(F)(F)F)c21. The number of imidazole rings is 1. The van der Waals surface area contributed by atoms with Crippen LogP contribution in [-0.4, -0.2) is 40.7 Å². The molecular formula is C22H27F3N4O3. The first-order valence-electron chi connectivity index (χ1n) is 11.0. The van der Waals surface area contributed by atoms with Gasteiger partial charge in [0.1, 0.15) is 18.5 Å². The number of carbonyl (C=O) groups is 2. The van der Waals surface area contributed by atoms with Gasteiger partial charge in [-0.05, 0) is 43.7 Å². The third kappa shape index (κ3) is 5.06. The van der Waals surface area contributed by atoms with Gasteiger partial charge < -0.3 is 19.9 Å². The van der Waals surface area contributed by atoms with Gasteiger partial charge in [-0.15, -0.1) is 0 Å². The minimum absolute atomic E-state index is 0.0298. The fourth-order valence-corrected chi connectivity index (χ4v) is 4.65. The number of carbonyl (C=O) groups excluding carboxylic acids is 2. The van der Waals surface area contributed by atoms with Crippen molar-refractivity contribution < 1.29 is 27.5 Å². The van der Waals surface area contributed by atoms with Gasteiger partial charge in [0, 0.05) is 25.8 Å². The first kappa shape index (κ1) is 22.6. The van der Waals surface area contributed by atoms with Crippen molar-refractivity contribution in [2.45, 2.75) is 57.2 Å². The summed E-state index contributed by atoms with van der Waals surface area (Å²) in [5, 5.41) is 4.73. The van der Waals surface area contributed by atoms with Crippen molar-refractivity contribution in [2.24, 2.45) is 13.0 Å². The molecule has 1 aromatic carbocycles. The molecular weight excluding hydrogens is 425 g/mol. The van der Waals surface area contributed by atoms with Crippen LogP contribution in [0.25, 0.3) is 11.0 Å². The maximum atomic E-state index is 12.7. The van der Waals surface area contributed by atoms with Crippen molar-refractivity contribution in [2.75, 3.05) is 18.5 Å². The molecule has 0 unspecified atom stereocenters. The molecule has 0 spiro atoms. The van der Waals surface area contributed by atoms with E-state index in [1.54, 1.807) is 17.7 Å². The first-order chi connectivity index (χ1) is 15.2. The van der Waals surface area contributed by atoms with E-state index < -0.39 is 18.6 Å². The fourth-order valence-electron chi connectivity index (χ4n) is 4.65. The molecule has 1 saturated heterocycles. The Labute approximate surface area is 183 Å². The van der Waals surface area contributed by atoms with Crippen LogP contribution in [0.2, 0.25) is 0 Å². The summed E-state index contributed by atoms with van der Waals surface area (Å²) in [7, 11) is 1.71. The molecule has 2 N–H and O–H groups in total. The van der Waals surface area contributed by atoms with E-state index in [9.17, 15) is 22.8 Å². The molecule has 10 heteroatoms. The van der Waals surface area contributed by atoms with Crippen molar-refractivity contribution in [1.29, 1.82) is 0 Å². The zero-order valence-electron chi connectivity index (χ0n) is 17.9. The highest BCUT2D eigenvalue weighted by Gasteiger charge is 2.30. The lowest BCUT2D eigenvalue weighted by molar-refractivity contribution is -0.123. The molecule has 0 radical (unpaired) electrons. The van der Waals surface area contributed by atoms with E-state index in [4.69, 9.17) is 4.74 Å². The lowest BCUT2D eigenvalue weighted by Gasteiger charge is -2.14. The van der Waals surface area contributed by atoms with Gasteiger partial charge in [-0.1, -0.05) is 12.8 Å². The van der Waals surface area contributed by atoms with E-state index in [0.29, 0.717) is 41.5 Å². The lowest BCUT2D eigenvalue weighted by atomic mass is 10.0. The highest BCUT2D eigenvalue weighted by atomic mass is 19.4. The van der Waals surface area contributed by atoms with Crippen LogP contribution < -0.4 is 10.6 Å². The largest absolute Gasteiger partial charge is 0.405 e. The van der Waals surface area contributed by atoms with E-state index in [1.165, 1.54) is 6.07 Å². The van der Waals surface area contributed by atoms with Gasteiger partial charge in [0.2, 0.25) is 5.91 Å². The normalized spacial score (nSPS) is 19.6. The van der Waals surface area contributed by atoms with Gasteiger partial charge in [0.15, 0.2) is 0 Å². The molecule has 1 atom stereocenters. The molecule has 1 aliphatic heterocycles. The second-order valence-electron chi connectivity index (χ2n) is 8.62. The first-order valence-corrected chi connectivity index (χ1v) is 11.0. The van der Waals surface area contributed by atoms with Crippen LogP contribution in [0.4, 0.5) is 18.9 Å². The van der Waals surface area contributed by atoms with Crippen LogP contribution in [0, 0.1) is 5.92 Å². The highest BCUT2D eigenvalue weighted by molar-refractivity contribution is 6.07. The number of nitrogens with zero attached hydrogens (tertiary/aromatic N) is 2. The van der Waals surface area contributed by atoms with Crippen LogP contribution in [0.15, 0.2) is 12.1 Å². The number of aryl methyl sites for hydroxylation is 1. The van der Waals surface area contributed by atoms with Gasteiger partial charge in [-0.25, -0.2) is 4.98 Å². The number of anilines is 1. The van der Waals surface area contributed by atoms with E-state index in [-0.39, 0.29) is 17.6 Å². The average Bonchev–Trinajstić information content (AvgIpc) is 3.47. The third-order valence-corrected chi connectivity index (χ3v) is 6.15. The van der Waals surface area contributed by atoms with Crippen LogP contribution >= 0.6 is 0 Å². The summed E-state index contributed by atoms with van der Waals surface area (Å²) in [6.45, 7) is -0.836. The van der Waals surface area contributed by atoms with E-state index in [1.807, 2.05) is 5.32 Å². The van der Waals surface area contributed by atoms with Gasteiger partial charge in [0.25, 0.3) is 5.91 Å². The zero-order chi connectivity index (χ0) is 22.9. The molecule has 1 aromatic heterocycles. The van der Waals surface area contributed by atoms with Crippen molar-refractivity contribution in [3.63, 3.8) is 0 Å². The predicted molar refractivity (Wildman–Crippen MR) is 112 cm³/mol. The Kier molecular flexibility index (Phi) is 6.41. The van der Waals surface area contributed by atoms with E-state index >= 15 is 0 Å². The van der Waals surface area contributed by atoms with Crippen molar-refractivity contribution in [3.05, 3.63) is 23.5 Å². The number of aromatic nitrogens is 2. The number of fused-ring (bicyclic) bond motifs is 1. The Morgan fingerprint density at radius 1 is 1.19 bits per heavy atom. The maximum Gasteiger partial charge on any atom is 0.405 e. The lowest BCUT2D eigenvalue weighted by Crippen LogP contribution is -2.34. The van der Waals surface area contributed by atoms with Crippen molar-refractivity contribution in [3.8, 4) is 0 Å². The Hall–Kier alpha value is -2.62. The Morgan fingerprint density at radius 2 is 1.94 bits per heavy atom. The maximum absolute atomic E-state index is 12.7. The number of rotatable bonds is 6. The van der Waals surface area contributed by atoms with Crippen LogP contribution in [0.3, 0.4) is 0 Å². The third-order valence-electron chi connectivity index (χ3n) is 6.15. The number of benzene rings is 1. The summed E-state index contributed by atoms with van der Waals surface area (Å²) in [4.78, 5) is 29.8. The summed E-state index contributed by atoms with van der Waals surface area (Å²) >= 11 is 0. The molecule has 174 valence electrons. The quantitative estimate of drug-likeness (QED) is 0.687. The number of amides is 2. The number of alkyl halides is 3. The van der Waals surface area contributed by atoms with Crippen LogP contribution in [0.1, 0.15) is 67.2 Å². The highest BCUT2D eigenvalue weighted by Crippen LogP contribution is 2.33. The summed E-state index contributed by atoms with van der Waals surface area (Å²) in [5.41, 5.74) is 1.20. The summed E-state index contributed by atoms with van der Waals surface area (Å²) < 4.78 is 45.4. The standard InChI is InChI=1S/C22H27F3N4O3/c1-29-19-15(21(31)26-12-22(23,24)25)10-14(27-18(30)9-13-5-2-3-6-13)11-16(19)28-20(29)17-7-4-8-32-17/h10-11,13,17H,2-9,12H2,1H3,(H,26,31)(H,27,30)/t17-/m1/s1. The zero-order valence-corrected chi connectivity index (χ0v) is 17.9. The van der Waals surface area contributed by atoms with Gasteiger partial charge >= 0.3 is 6.18 Å². The summed E-state index contributed by atoms with van der Waals surface area (Å²) in [6, 6.07) is 3.07. The van der Waals surface area contributed by atoms with E-state index in [0.717, 1.165) is 38.5 Å². The number of nitrogens with one attached hydrogen (secondary N) is 2. The van der Waals surface area contributed by atoms with Gasteiger partial charge in [-0.2, -0.15) is 13.2 Å². The molecule has 4 rings (SSSR count). The Bertz CT molecular complexity index is 1010. The van der Waals surface area contributed by atoms with Gasteiger partial charge in [0.05, 0.1) is 16.6 Å². The average molecular weight is 452 g/mol. The minimum Gasteiger partial charge on any atom is -0.370 e. The van der Waals surface area contributed by atoms with Crippen LogP contribution in [0.5, 0.6) is 0 Å². The van der Waals surface area contributed by atoms with Crippen LogP contribution in [-0.2, 0) is 16.6 Å². The molecule has 2 aromatic rings. The second-order valence-corrected chi connectivity index (χ2v) is 8.62. The van der Waals surface area contributed by atoms with Crippen molar-refractivity contribution in [1.82, 2.24) is 14.9 Å². The molecule has 0 bridgehead atoms. The molecule has 1 saturated carbocycles. The molecule has 7 nitrogen and oxygen atoms in total. The molecule has 1 aliphatic carbocycles. The topological polar surface area (TPSA) is 85.2 Å². The van der Waals surface area contributed by atoms with Crippen molar-refractivity contribution >= 4 is 28.5 Å². The molecule has 2 fully saturated rings. The molecule has 32 heavy (non-hydrogen) atoms. The number of halogens is 3. The molecule has 2 aliphatic rings. The summed E-state index contributed by atoms with van der Waals surface area (Å²) in [5.74, 6) is -0.0969. The smallest absolute Gasteiger partial charge is 0.370 e. The predicted octanol–water partition coefficient (Wildman–Crippen LogP) is 4.24. The Balaban J connectivity index is 1.66.